The monoisotopic (exact) mass is 268 g/mol. The highest BCUT2D eigenvalue weighted by atomic mass is 14.9. The van der Waals surface area contributed by atoms with E-state index in [1.807, 2.05) is 12.3 Å². The van der Waals surface area contributed by atoms with Crippen molar-refractivity contribution in [2.45, 2.75) is 39.7 Å². The molecule has 2 aromatic rings. The average Bonchev–Trinajstić information content (AvgIpc) is 2.49. The SMILES string of the molecule is CCNC(Cc1ccccc1C)c1ncccc1CC. The van der Waals surface area contributed by atoms with E-state index in [2.05, 4.69) is 61.4 Å². The smallest absolute Gasteiger partial charge is 0.0608 e. The van der Waals surface area contributed by atoms with Gasteiger partial charge in [-0.15, -0.1) is 0 Å². The normalized spacial score (nSPS) is 12.3. The second-order valence-corrected chi connectivity index (χ2v) is 5.14. The van der Waals surface area contributed by atoms with Gasteiger partial charge in [0.25, 0.3) is 0 Å². The fraction of sp³-hybridized carbons (Fsp3) is 0.389. The predicted octanol–water partition coefficient (Wildman–Crippen LogP) is 3.85. The minimum absolute atomic E-state index is 0.289. The molecule has 2 rings (SSSR count). The Labute approximate surface area is 122 Å². The Kier molecular flexibility index (Phi) is 5.31. The van der Waals surface area contributed by atoms with Gasteiger partial charge in [-0.2, -0.15) is 0 Å². The van der Waals surface area contributed by atoms with E-state index in [0.717, 1.165) is 19.4 Å². The summed E-state index contributed by atoms with van der Waals surface area (Å²) in [6.07, 6.45) is 3.92. The Bertz CT molecular complexity index is 549. The van der Waals surface area contributed by atoms with E-state index in [9.17, 15) is 0 Å². The van der Waals surface area contributed by atoms with E-state index in [0.29, 0.717) is 0 Å². The third-order valence-electron chi connectivity index (χ3n) is 3.77. The molecule has 1 atom stereocenters. The lowest BCUT2D eigenvalue weighted by molar-refractivity contribution is 0.531. The average molecular weight is 268 g/mol. The lowest BCUT2D eigenvalue weighted by Crippen LogP contribution is -2.25. The molecule has 2 heteroatoms. The lowest BCUT2D eigenvalue weighted by atomic mass is 9.96. The van der Waals surface area contributed by atoms with E-state index in [1.165, 1.54) is 22.4 Å². The standard InChI is InChI=1S/C18H24N2/c1-4-15-11-8-12-20-18(15)17(19-5-2)13-16-10-7-6-9-14(16)3/h6-12,17,19H,4-5,13H2,1-3H3. The van der Waals surface area contributed by atoms with Gasteiger partial charge in [0, 0.05) is 6.20 Å². The molecule has 0 aliphatic heterocycles. The molecular weight excluding hydrogens is 244 g/mol. The van der Waals surface area contributed by atoms with Crippen LogP contribution >= 0.6 is 0 Å². The molecule has 0 fully saturated rings. The summed E-state index contributed by atoms with van der Waals surface area (Å²) in [5.74, 6) is 0. The number of aryl methyl sites for hydroxylation is 2. The quantitative estimate of drug-likeness (QED) is 0.861. The molecule has 0 amide bonds. The van der Waals surface area contributed by atoms with Gasteiger partial charge < -0.3 is 5.32 Å². The maximum absolute atomic E-state index is 4.63. The van der Waals surface area contributed by atoms with Crippen LogP contribution in [-0.2, 0) is 12.8 Å². The van der Waals surface area contributed by atoms with Gasteiger partial charge in [-0.1, -0.05) is 44.2 Å². The van der Waals surface area contributed by atoms with E-state index in [-0.39, 0.29) is 6.04 Å². The fourth-order valence-electron chi connectivity index (χ4n) is 2.63. The van der Waals surface area contributed by atoms with E-state index < -0.39 is 0 Å². The first-order chi connectivity index (χ1) is 9.76. The number of nitrogens with zero attached hydrogens (tertiary/aromatic N) is 1. The predicted molar refractivity (Wildman–Crippen MR) is 84.9 cm³/mol. The van der Waals surface area contributed by atoms with Crippen LogP contribution in [0.3, 0.4) is 0 Å². The van der Waals surface area contributed by atoms with Crippen LogP contribution in [0.2, 0.25) is 0 Å². The molecule has 0 radical (unpaired) electrons. The number of benzene rings is 1. The number of pyridine rings is 1. The molecule has 2 nitrogen and oxygen atoms in total. The number of nitrogens with one attached hydrogen (secondary N) is 1. The zero-order valence-electron chi connectivity index (χ0n) is 12.7. The van der Waals surface area contributed by atoms with Crippen molar-refractivity contribution in [3.8, 4) is 0 Å². The number of rotatable bonds is 6. The first kappa shape index (κ1) is 14.7. The van der Waals surface area contributed by atoms with Gasteiger partial charge in [-0.05, 0) is 49.1 Å². The number of likely N-dealkylation sites (N-methyl/N-ethyl adjacent to an activating group) is 1. The summed E-state index contributed by atoms with van der Waals surface area (Å²) in [5, 5.41) is 3.59. The van der Waals surface area contributed by atoms with Gasteiger partial charge in [0.05, 0.1) is 11.7 Å². The van der Waals surface area contributed by atoms with E-state index in [4.69, 9.17) is 0 Å². The Morgan fingerprint density at radius 1 is 1.05 bits per heavy atom. The molecule has 0 saturated carbocycles. The molecule has 0 saturated heterocycles. The Morgan fingerprint density at radius 2 is 1.80 bits per heavy atom. The highest BCUT2D eigenvalue weighted by Gasteiger charge is 2.16. The molecule has 0 aliphatic carbocycles. The number of aromatic nitrogens is 1. The molecular formula is C18H24N2. The van der Waals surface area contributed by atoms with Crippen LogP contribution in [-0.4, -0.2) is 11.5 Å². The summed E-state index contributed by atoms with van der Waals surface area (Å²) in [7, 11) is 0. The van der Waals surface area contributed by atoms with Crippen LogP contribution in [0.25, 0.3) is 0 Å². The Hall–Kier alpha value is -1.67. The van der Waals surface area contributed by atoms with Gasteiger partial charge in [-0.25, -0.2) is 0 Å². The van der Waals surface area contributed by atoms with Gasteiger partial charge in [0.1, 0.15) is 0 Å². The fourth-order valence-corrected chi connectivity index (χ4v) is 2.63. The van der Waals surface area contributed by atoms with Crippen LogP contribution in [0.1, 0.15) is 42.3 Å². The Balaban J connectivity index is 2.29. The van der Waals surface area contributed by atoms with Crippen molar-refractivity contribution in [1.29, 1.82) is 0 Å². The highest BCUT2D eigenvalue weighted by molar-refractivity contribution is 5.30. The van der Waals surface area contributed by atoms with Crippen LogP contribution in [0, 0.1) is 6.92 Å². The van der Waals surface area contributed by atoms with Crippen molar-refractivity contribution >= 4 is 0 Å². The van der Waals surface area contributed by atoms with Crippen molar-refractivity contribution in [2.75, 3.05) is 6.54 Å². The molecule has 0 aliphatic rings. The summed E-state index contributed by atoms with van der Waals surface area (Å²) in [6.45, 7) is 7.48. The van der Waals surface area contributed by atoms with Crippen LogP contribution in [0.5, 0.6) is 0 Å². The minimum Gasteiger partial charge on any atom is -0.309 e. The van der Waals surface area contributed by atoms with Gasteiger partial charge >= 0.3 is 0 Å². The van der Waals surface area contributed by atoms with Crippen molar-refractivity contribution in [3.63, 3.8) is 0 Å². The van der Waals surface area contributed by atoms with Crippen molar-refractivity contribution < 1.29 is 0 Å². The molecule has 1 heterocycles. The van der Waals surface area contributed by atoms with Crippen LogP contribution in [0.4, 0.5) is 0 Å². The first-order valence-corrected chi connectivity index (χ1v) is 7.47. The Morgan fingerprint density at radius 3 is 2.50 bits per heavy atom. The third kappa shape index (κ3) is 3.45. The van der Waals surface area contributed by atoms with Gasteiger partial charge in [0.2, 0.25) is 0 Å². The summed E-state index contributed by atoms with van der Waals surface area (Å²) in [5.41, 5.74) is 5.28. The minimum atomic E-state index is 0.289. The van der Waals surface area contributed by atoms with Crippen molar-refractivity contribution in [1.82, 2.24) is 10.3 Å². The zero-order valence-corrected chi connectivity index (χ0v) is 12.7. The number of hydrogen-bond acceptors (Lipinski definition) is 2. The third-order valence-corrected chi connectivity index (χ3v) is 3.77. The highest BCUT2D eigenvalue weighted by Crippen LogP contribution is 2.22. The first-order valence-electron chi connectivity index (χ1n) is 7.47. The molecule has 1 N–H and O–H groups in total. The molecule has 1 aromatic carbocycles. The second kappa shape index (κ2) is 7.20. The zero-order chi connectivity index (χ0) is 14.4. The van der Waals surface area contributed by atoms with E-state index >= 15 is 0 Å². The van der Waals surface area contributed by atoms with Crippen LogP contribution in [0.15, 0.2) is 42.6 Å². The number of hydrogen-bond donors (Lipinski definition) is 1. The maximum Gasteiger partial charge on any atom is 0.0608 e. The van der Waals surface area contributed by atoms with Gasteiger partial charge in [-0.3, -0.25) is 4.98 Å². The summed E-state index contributed by atoms with van der Waals surface area (Å²) in [4.78, 5) is 4.63. The molecule has 20 heavy (non-hydrogen) atoms. The van der Waals surface area contributed by atoms with E-state index in [1.54, 1.807) is 0 Å². The van der Waals surface area contributed by atoms with Crippen molar-refractivity contribution in [2.24, 2.45) is 0 Å². The molecule has 0 bridgehead atoms. The molecule has 106 valence electrons. The summed E-state index contributed by atoms with van der Waals surface area (Å²) < 4.78 is 0. The lowest BCUT2D eigenvalue weighted by Gasteiger charge is -2.21. The largest absolute Gasteiger partial charge is 0.309 e. The van der Waals surface area contributed by atoms with Gasteiger partial charge in [0.15, 0.2) is 0 Å². The summed E-state index contributed by atoms with van der Waals surface area (Å²) >= 11 is 0. The topological polar surface area (TPSA) is 24.9 Å². The summed E-state index contributed by atoms with van der Waals surface area (Å²) in [6, 6.07) is 13.1. The molecule has 0 spiro atoms. The maximum atomic E-state index is 4.63. The van der Waals surface area contributed by atoms with Crippen molar-refractivity contribution in [3.05, 3.63) is 65.0 Å². The van der Waals surface area contributed by atoms with Crippen LogP contribution < -0.4 is 5.32 Å². The molecule has 1 unspecified atom stereocenters. The second-order valence-electron chi connectivity index (χ2n) is 5.14. The molecule has 1 aromatic heterocycles.